The van der Waals surface area contributed by atoms with Gasteiger partial charge in [-0.1, -0.05) is 12.1 Å². The van der Waals surface area contributed by atoms with Gasteiger partial charge in [0.1, 0.15) is 5.75 Å². The first-order valence-corrected chi connectivity index (χ1v) is 5.38. The van der Waals surface area contributed by atoms with E-state index in [1.54, 1.807) is 26.4 Å². The van der Waals surface area contributed by atoms with Crippen molar-refractivity contribution in [2.45, 2.75) is 25.9 Å². The Morgan fingerprint density at radius 1 is 1.31 bits per heavy atom. The number of carbonyl (C=O) groups is 1. The maximum atomic E-state index is 11.9. The molecule has 0 saturated heterocycles. The highest BCUT2D eigenvalue weighted by Crippen LogP contribution is 2.20. The van der Waals surface area contributed by atoms with Gasteiger partial charge >= 0.3 is 0 Å². The van der Waals surface area contributed by atoms with Crippen molar-refractivity contribution in [2.24, 2.45) is 0 Å². The number of hydrogen-bond acceptors (Lipinski definition) is 3. The van der Waals surface area contributed by atoms with Crippen LogP contribution < -0.4 is 4.74 Å². The van der Waals surface area contributed by atoms with E-state index in [1.807, 2.05) is 19.1 Å². The summed E-state index contributed by atoms with van der Waals surface area (Å²) < 4.78 is 10.3. The van der Waals surface area contributed by atoms with Gasteiger partial charge in [-0.25, -0.2) is 0 Å². The monoisotopic (exact) mass is 222 g/mol. The first-order valence-electron chi connectivity index (χ1n) is 5.38. The molecule has 0 aromatic heterocycles. The fourth-order valence-corrected chi connectivity index (χ4v) is 1.46. The van der Waals surface area contributed by atoms with Gasteiger partial charge in [0.05, 0.1) is 18.8 Å². The molecule has 0 fully saturated rings. The molecule has 1 rings (SSSR count). The van der Waals surface area contributed by atoms with Crippen molar-refractivity contribution in [3.8, 4) is 5.75 Å². The van der Waals surface area contributed by atoms with Gasteiger partial charge < -0.3 is 9.47 Å². The molecule has 88 valence electrons. The SMILES string of the molecule is COc1ccccc1C(=O)CCC(C)OC. The first kappa shape index (κ1) is 12.7. The van der Waals surface area contributed by atoms with Crippen LogP contribution in [0.5, 0.6) is 5.75 Å². The molecule has 1 aromatic rings. The van der Waals surface area contributed by atoms with Gasteiger partial charge in [0.2, 0.25) is 0 Å². The zero-order valence-electron chi connectivity index (χ0n) is 10.0. The van der Waals surface area contributed by atoms with Crippen LogP contribution in [0.25, 0.3) is 0 Å². The number of carbonyl (C=O) groups excluding carboxylic acids is 1. The lowest BCUT2D eigenvalue weighted by Crippen LogP contribution is -2.09. The second-order valence-corrected chi connectivity index (χ2v) is 3.71. The number of ether oxygens (including phenoxy) is 2. The Morgan fingerprint density at radius 2 is 2.00 bits per heavy atom. The zero-order chi connectivity index (χ0) is 12.0. The summed E-state index contributed by atoms with van der Waals surface area (Å²) >= 11 is 0. The van der Waals surface area contributed by atoms with E-state index >= 15 is 0 Å². The lowest BCUT2D eigenvalue weighted by Gasteiger charge is -2.10. The van der Waals surface area contributed by atoms with E-state index in [0.717, 1.165) is 6.42 Å². The number of para-hydroxylation sites is 1. The Morgan fingerprint density at radius 3 is 2.62 bits per heavy atom. The summed E-state index contributed by atoms with van der Waals surface area (Å²) in [4.78, 5) is 11.9. The Labute approximate surface area is 96.4 Å². The molecule has 1 aromatic carbocycles. The topological polar surface area (TPSA) is 35.5 Å². The van der Waals surface area contributed by atoms with Crippen LogP contribution in [-0.4, -0.2) is 26.1 Å². The fraction of sp³-hybridized carbons (Fsp3) is 0.462. The standard InChI is InChI=1S/C13H18O3/c1-10(15-2)8-9-12(14)11-6-4-5-7-13(11)16-3/h4-7,10H,8-9H2,1-3H3. The molecule has 16 heavy (non-hydrogen) atoms. The van der Waals surface area contributed by atoms with Crippen LogP contribution in [0.15, 0.2) is 24.3 Å². The average Bonchev–Trinajstić information content (AvgIpc) is 2.35. The summed E-state index contributed by atoms with van der Waals surface area (Å²) in [7, 11) is 3.22. The quantitative estimate of drug-likeness (QED) is 0.694. The van der Waals surface area contributed by atoms with Crippen LogP contribution >= 0.6 is 0 Å². The molecule has 0 heterocycles. The molecule has 0 radical (unpaired) electrons. The van der Waals surface area contributed by atoms with Crippen LogP contribution in [0.4, 0.5) is 0 Å². The van der Waals surface area contributed by atoms with Crippen molar-refractivity contribution in [1.29, 1.82) is 0 Å². The molecule has 0 aliphatic carbocycles. The van der Waals surface area contributed by atoms with E-state index < -0.39 is 0 Å². The number of ketones is 1. The van der Waals surface area contributed by atoms with Gasteiger partial charge in [-0.15, -0.1) is 0 Å². The molecule has 1 unspecified atom stereocenters. The lowest BCUT2D eigenvalue weighted by molar-refractivity contribution is 0.0875. The summed E-state index contributed by atoms with van der Waals surface area (Å²) in [6.45, 7) is 1.95. The third-order valence-electron chi connectivity index (χ3n) is 2.59. The molecule has 0 saturated carbocycles. The van der Waals surface area contributed by atoms with Crippen molar-refractivity contribution in [1.82, 2.24) is 0 Å². The summed E-state index contributed by atoms with van der Waals surface area (Å²) in [5, 5.41) is 0. The second kappa shape index (κ2) is 6.28. The Bertz CT molecular complexity index is 347. The molecular weight excluding hydrogens is 204 g/mol. The van der Waals surface area contributed by atoms with Crippen molar-refractivity contribution < 1.29 is 14.3 Å². The summed E-state index contributed by atoms with van der Waals surface area (Å²) in [5.74, 6) is 0.735. The molecule has 0 aliphatic rings. The van der Waals surface area contributed by atoms with E-state index in [0.29, 0.717) is 17.7 Å². The smallest absolute Gasteiger partial charge is 0.166 e. The van der Waals surface area contributed by atoms with E-state index in [-0.39, 0.29) is 11.9 Å². The average molecular weight is 222 g/mol. The third kappa shape index (κ3) is 3.35. The molecule has 0 bridgehead atoms. The minimum atomic E-state index is 0.0985. The van der Waals surface area contributed by atoms with Gasteiger partial charge in [0, 0.05) is 13.5 Å². The minimum Gasteiger partial charge on any atom is -0.496 e. The van der Waals surface area contributed by atoms with E-state index in [9.17, 15) is 4.79 Å². The number of hydrogen-bond donors (Lipinski definition) is 0. The predicted molar refractivity (Wildman–Crippen MR) is 63.0 cm³/mol. The molecule has 1 atom stereocenters. The van der Waals surface area contributed by atoms with Gasteiger partial charge in [-0.05, 0) is 25.5 Å². The van der Waals surface area contributed by atoms with Crippen LogP contribution in [0, 0.1) is 0 Å². The van der Waals surface area contributed by atoms with Crippen molar-refractivity contribution in [3.63, 3.8) is 0 Å². The zero-order valence-corrected chi connectivity index (χ0v) is 10.0. The van der Waals surface area contributed by atoms with Crippen LogP contribution in [-0.2, 0) is 4.74 Å². The molecule has 0 spiro atoms. The van der Waals surface area contributed by atoms with Crippen LogP contribution in [0.2, 0.25) is 0 Å². The van der Waals surface area contributed by atoms with Gasteiger partial charge in [0.25, 0.3) is 0 Å². The van der Waals surface area contributed by atoms with E-state index in [4.69, 9.17) is 9.47 Å². The van der Waals surface area contributed by atoms with Gasteiger partial charge in [-0.2, -0.15) is 0 Å². The Hall–Kier alpha value is -1.35. The summed E-state index contributed by atoms with van der Waals surface area (Å²) in [5.41, 5.74) is 0.647. The Kier molecular flexibility index (Phi) is 4.99. The van der Waals surface area contributed by atoms with Gasteiger partial charge in [-0.3, -0.25) is 4.79 Å². The van der Waals surface area contributed by atoms with Crippen LogP contribution in [0.3, 0.4) is 0 Å². The summed E-state index contributed by atoms with van der Waals surface area (Å²) in [6.07, 6.45) is 1.32. The number of benzene rings is 1. The largest absolute Gasteiger partial charge is 0.496 e. The van der Waals surface area contributed by atoms with Gasteiger partial charge in [0.15, 0.2) is 5.78 Å². The van der Waals surface area contributed by atoms with Crippen molar-refractivity contribution in [2.75, 3.05) is 14.2 Å². The predicted octanol–water partition coefficient (Wildman–Crippen LogP) is 2.69. The highest BCUT2D eigenvalue weighted by Gasteiger charge is 2.12. The molecule has 0 N–H and O–H groups in total. The molecular formula is C13H18O3. The number of methoxy groups -OCH3 is 2. The molecule has 3 nitrogen and oxygen atoms in total. The summed E-state index contributed by atoms with van der Waals surface area (Å²) in [6, 6.07) is 7.29. The first-order chi connectivity index (χ1) is 7.69. The van der Waals surface area contributed by atoms with E-state index in [1.165, 1.54) is 0 Å². The highest BCUT2D eigenvalue weighted by molar-refractivity contribution is 5.98. The molecule has 0 aliphatic heterocycles. The lowest BCUT2D eigenvalue weighted by atomic mass is 10.0. The minimum absolute atomic E-state index is 0.0985. The maximum absolute atomic E-state index is 11.9. The van der Waals surface area contributed by atoms with Crippen LogP contribution in [0.1, 0.15) is 30.1 Å². The Balaban J connectivity index is 2.65. The third-order valence-corrected chi connectivity index (χ3v) is 2.59. The second-order valence-electron chi connectivity index (χ2n) is 3.71. The van der Waals surface area contributed by atoms with Crippen molar-refractivity contribution in [3.05, 3.63) is 29.8 Å². The molecule has 3 heteroatoms. The van der Waals surface area contributed by atoms with Crippen molar-refractivity contribution >= 4 is 5.78 Å². The number of rotatable bonds is 6. The normalized spacial score (nSPS) is 12.2. The van der Waals surface area contributed by atoms with E-state index in [2.05, 4.69) is 0 Å². The maximum Gasteiger partial charge on any atom is 0.166 e. The highest BCUT2D eigenvalue weighted by atomic mass is 16.5. The number of Topliss-reactive ketones (excluding diaryl/α,β-unsaturated/α-hetero) is 1. The molecule has 0 amide bonds. The fourth-order valence-electron chi connectivity index (χ4n) is 1.46.